The first kappa shape index (κ1) is 11.0. The average molecular weight is 225 g/mol. The van der Waals surface area contributed by atoms with Crippen LogP contribution in [0.1, 0.15) is 18.4 Å². The highest BCUT2D eigenvalue weighted by Gasteiger charge is 2.31. The molecule has 0 spiro atoms. The van der Waals surface area contributed by atoms with Gasteiger partial charge >= 0.3 is 0 Å². The Morgan fingerprint density at radius 3 is 2.40 bits per heavy atom. The van der Waals surface area contributed by atoms with Crippen molar-refractivity contribution in [1.29, 1.82) is 0 Å². The third kappa shape index (κ3) is 2.73. The third-order valence-corrected chi connectivity index (χ3v) is 3.83. The molecule has 1 aromatic carbocycles. The van der Waals surface area contributed by atoms with Gasteiger partial charge in [0.15, 0.2) is 0 Å². The quantitative estimate of drug-likeness (QED) is 0.717. The number of rotatable bonds is 3. The highest BCUT2D eigenvalue weighted by Crippen LogP contribution is 2.35. The fourth-order valence-electron chi connectivity index (χ4n) is 2.19. The molecule has 0 aromatic heterocycles. The number of alkyl halides is 1. The van der Waals surface area contributed by atoms with Crippen molar-refractivity contribution < 1.29 is 4.74 Å². The third-order valence-electron chi connectivity index (χ3n) is 3.26. The van der Waals surface area contributed by atoms with Crippen LogP contribution in [0.4, 0.5) is 0 Å². The Kier molecular flexibility index (Phi) is 3.66. The van der Waals surface area contributed by atoms with Gasteiger partial charge in [0.05, 0.1) is 0 Å². The van der Waals surface area contributed by atoms with E-state index < -0.39 is 0 Å². The first-order valence-electron chi connectivity index (χ1n) is 5.52. The zero-order chi connectivity index (χ0) is 10.6. The van der Waals surface area contributed by atoms with E-state index in [4.69, 9.17) is 16.3 Å². The second-order valence-electron chi connectivity index (χ2n) is 4.41. The van der Waals surface area contributed by atoms with E-state index in [9.17, 15) is 0 Å². The second kappa shape index (κ2) is 5.00. The van der Waals surface area contributed by atoms with Gasteiger partial charge in [-0.15, -0.1) is 11.6 Å². The van der Waals surface area contributed by atoms with E-state index >= 15 is 0 Å². The molecule has 1 fully saturated rings. The monoisotopic (exact) mass is 224 g/mol. The Morgan fingerprint density at radius 2 is 1.80 bits per heavy atom. The predicted molar refractivity (Wildman–Crippen MR) is 63.4 cm³/mol. The molecule has 0 radical (unpaired) electrons. The van der Waals surface area contributed by atoms with E-state index in [0.29, 0.717) is 0 Å². The lowest BCUT2D eigenvalue weighted by atomic mass is 9.77. The van der Waals surface area contributed by atoms with Crippen LogP contribution in [0.3, 0.4) is 0 Å². The summed E-state index contributed by atoms with van der Waals surface area (Å²) in [4.78, 5) is 0. The largest absolute Gasteiger partial charge is 0.381 e. The smallest absolute Gasteiger partial charge is 0.0471 e. The summed E-state index contributed by atoms with van der Waals surface area (Å²) in [6, 6.07) is 10.6. The molecule has 82 valence electrons. The van der Waals surface area contributed by atoms with Crippen molar-refractivity contribution in [2.75, 3.05) is 19.1 Å². The molecule has 1 aliphatic rings. The molecule has 15 heavy (non-hydrogen) atoms. The van der Waals surface area contributed by atoms with E-state index in [1.54, 1.807) is 0 Å². The fourth-order valence-corrected chi connectivity index (χ4v) is 2.55. The van der Waals surface area contributed by atoms with Crippen LogP contribution in [0.15, 0.2) is 30.3 Å². The molecule has 2 heteroatoms. The number of ether oxygens (including phenoxy) is 1. The van der Waals surface area contributed by atoms with Gasteiger partial charge in [0.25, 0.3) is 0 Å². The summed E-state index contributed by atoms with van der Waals surface area (Å²) in [5, 5.41) is 0. The highest BCUT2D eigenvalue weighted by molar-refractivity contribution is 6.18. The highest BCUT2D eigenvalue weighted by atomic mass is 35.5. The second-order valence-corrected chi connectivity index (χ2v) is 4.68. The van der Waals surface area contributed by atoms with Crippen LogP contribution in [-0.4, -0.2) is 19.1 Å². The zero-order valence-corrected chi connectivity index (χ0v) is 9.67. The maximum absolute atomic E-state index is 6.13. The van der Waals surface area contributed by atoms with Crippen molar-refractivity contribution in [3.05, 3.63) is 35.9 Å². The first-order valence-corrected chi connectivity index (χ1v) is 6.06. The molecular weight excluding hydrogens is 208 g/mol. The SMILES string of the molecule is ClCC1(Cc2ccccc2)CCOCC1. The van der Waals surface area contributed by atoms with Gasteiger partial charge in [-0.2, -0.15) is 0 Å². The van der Waals surface area contributed by atoms with Gasteiger partial charge in [0, 0.05) is 19.1 Å². The molecule has 0 saturated carbocycles. The maximum Gasteiger partial charge on any atom is 0.0471 e. The maximum atomic E-state index is 6.13. The van der Waals surface area contributed by atoms with Crippen LogP contribution in [0.2, 0.25) is 0 Å². The van der Waals surface area contributed by atoms with E-state index in [1.165, 1.54) is 5.56 Å². The normalized spacial score (nSPS) is 20.1. The van der Waals surface area contributed by atoms with Crippen molar-refractivity contribution in [3.8, 4) is 0 Å². The molecule has 1 nitrogen and oxygen atoms in total. The molecule has 0 atom stereocenters. The van der Waals surface area contributed by atoms with Crippen molar-refractivity contribution in [1.82, 2.24) is 0 Å². The fraction of sp³-hybridized carbons (Fsp3) is 0.538. The lowest BCUT2D eigenvalue weighted by molar-refractivity contribution is 0.0258. The van der Waals surface area contributed by atoms with Gasteiger partial charge in [-0.1, -0.05) is 30.3 Å². The molecule has 2 rings (SSSR count). The molecule has 1 aromatic rings. The lowest BCUT2D eigenvalue weighted by Gasteiger charge is -2.35. The van der Waals surface area contributed by atoms with Gasteiger partial charge in [-0.25, -0.2) is 0 Å². The van der Waals surface area contributed by atoms with Crippen molar-refractivity contribution >= 4 is 11.6 Å². The van der Waals surface area contributed by atoms with E-state index in [-0.39, 0.29) is 5.41 Å². The first-order chi connectivity index (χ1) is 7.35. The number of halogens is 1. The lowest BCUT2D eigenvalue weighted by Crippen LogP contribution is -2.33. The summed E-state index contributed by atoms with van der Waals surface area (Å²) in [7, 11) is 0. The minimum Gasteiger partial charge on any atom is -0.381 e. The Morgan fingerprint density at radius 1 is 1.13 bits per heavy atom. The summed E-state index contributed by atoms with van der Waals surface area (Å²) in [5.74, 6) is 0.741. The van der Waals surface area contributed by atoms with Crippen LogP contribution in [0.5, 0.6) is 0 Å². The molecule has 0 unspecified atom stereocenters. The van der Waals surface area contributed by atoms with Gasteiger partial charge in [-0.3, -0.25) is 0 Å². The molecule has 1 heterocycles. The molecular formula is C13H17ClO. The minimum absolute atomic E-state index is 0.265. The van der Waals surface area contributed by atoms with Crippen molar-refractivity contribution in [2.24, 2.45) is 5.41 Å². The van der Waals surface area contributed by atoms with Crippen LogP contribution < -0.4 is 0 Å². The Balaban J connectivity index is 2.07. The average Bonchev–Trinajstić information content (AvgIpc) is 2.32. The summed E-state index contributed by atoms with van der Waals surface area (Å²) in [5.41, 5.74) is 1.65. The summed E-state index contributed by atoms with van der Waals surface area (Å²) in [6.45, 7) is 1.72. The number of hydrogen-bond donors (Lipinski definition) is 0. The molecule has 0 amide bonds. The summed E-state index contributed by atoms with van der Waals surface area (Å²) in [6.07, 6.45) is 3.26. The molecule has 0 bridgehead atoms. The standard InChI is InChI=1S/C13H17ClO/c14-11-13(6-8-15-9-7-13)10-12-4-2-1-3-5-12/h1-5H,6-11H2. The Bertz CT molecular complexity index is 291. The summed E-state index contributed by atoms with van der Waals surface area (Å²) < 4.78 is 5.41. The van der Waals surface area contributed by atoms with Crippen LogP contribution in [0.25, 0.3) is 0 Å². The topological polar surface area (TPSA) is 9.23 Å². The van der Waals surface area contributed by atoms with Crippen LogP contribution in [0, 0.1) is 5.41 Å². The van der Waals surface area contributed by atoms with Gasteiger partial charge < -0.3 is 4.74 Å². The van der Waals surface area contributed by atoms with Gasteiger partial charge in [0.2, 0.25) is 0 Å². The number of hydrogen-bond acceptors (Lipinski definition) is 1. The van der Waals surface area contributed by atoms with E-state index in [2.05, 4.69) is 30.3 Å². The Labute approximate surface area is 96.4 Å². The predicted octanol–water partition coefficient (Wildman–Crippen LogP) is 3.26. The number of benzene rings is 1. The summed E-state index contributed by atoms with van der Waals surface area (Å²) >= 11 is 6.13. The van der Waals surface area contributed by atoms with Gasteiger partial charge in [0.1, 0.15) is 0 Å². The molecule has 0 aliphatic carbocycles. The molecule has 0 N–H and O–H groups in total. The van der Waals surface area contributed by atoms with Crippen LogP contribution >= 0.6 is 11.6 Å². The molecule has 1 aliphatic heterocycles. The van der Waals surface area contributed by atoms with Crippen molar-refractivity contribution in [3.63, 3.8) is 0 Å². The van der Waals surface area contributed by atoms with Crippen molar-refractivity contribution in [2.45, 2.75) is 19.3 Å². The van der Waals surface area contributed by atoms with Gasteiger partial charge in [-0.05, 0) is 30.2 Å². The van der Waals surface area contributed by atoms with E-state index in [0.717, 1.165) is 38.4 Å². The Hall–Kier alpha value is -0.530. The molecule has 1 saturated heterocycles. The van der Waals surface area contributed by atoms with Crippen LogP contribution in [-0.2, 0) is 11.2 Å². The van der Waals surface area contributed by atoms with E-state index in [1.807, 2.05) is 0 Å². The minimum atomic E-state index is 0.265. The zero-order valence-electron chi connectivity index (χ0n) is 8.92.